The van der Waals surface area contributed by atoms with Crippen molar-refractivity contribution in [1.29, 1.82) is 0 Å². The molecule has 0 fully saturated rings. The lowest BCUT2D eigenvalue weighted by molar-refractivity contribution is 0.189. The number of furan rings is 1. The Bertz CT molecular complexity index is 1120. The van der Waals surface area contributed by atoms with Gasteiger partial charge in [-0.05, 0) is 30.7 Å². The van der Waals surface area contributed by atoms with Gasteiger partial charge >= 0.3 is 0 Å². The van der Waals surface area contributed by atoms with E-state index >= 15 is 0 Å². The average Bonchev–Trinajstić information content (AvgIpc) is 3.40. The Morgan fingerprint density at radius 2 is 2.07 bits per heavy atom. The Balaban J connectivity index is 1.60. The second-order valence-corrected chi connectivity index (χ2v) is 6.92. The second kappa shape index (κ2) is 8.41. The molecule has 0 saturated heterocycles. The molecular weight excluding hydrogens is 380 g/mol. The van der Waals surface area contributed by atoms with Crippen molar-refractivity contribution in [2.75, 3.05) is 13.7 Å². The van der Waals surface area contributed by atoms with Crippen LogP contribution in [0.1, 0.15) is 12.3 Å². The molecule has 0 unspecified atom stereocenters. The van der Waals surface area contributed by atoms with Crippen LogP contribution in [0.4, 0.5) is 0 Å². The Kier molecular flexibility index (Phi) is 5.54. The zero-order valence-electron chi connectivity index (χ0n) is 15.2. The van der Waals surface area contributed by atoms with Gasteiger partial charge in [0, 0.05) is 20.3 Å². The Labute approximate surface area is 164 Å². The van der Waals surface area contributed by atoms with Gasteiger partial charge in [0.05, 0.1) is 22.9 Å². The molecular formula is C19H18N4O4S. The fourth-order valence-electron chi connectivity index (χ4n) is 2.76. The maximum atomic E-state index is 12.9. The molecule has 0 radical (unpaired) electrons. The fraction of sp³-hybridized carbons (Fsp3) is 0.263. The minimum absolute atomic E-state index is 0.0639. The van der Waals surface area contributed by atoms with Crippen LogP contribution in [0.5, 0.6) is 0 Å². The molecule has 4 rings (SSSR count). The Hall–Kier alpha value is -2.91. The van der Waals surface area contributed by atoms with Gasteiger partial charge in [-0.25, -0.2) is 4.98 Å². The van der Waals surface area contributed by atoms with Crippen LogP contribution in [0.3, 0.4) is 0 Å². The van der Waals surface area contributed by atoms with E-state index < -0.39 is 0 Å². The highest BCUT2D eigenvalue weighted by atomic mass is 32.2. The highest BCUT2D eigenvalue weighted by molar-refractivity contribution is 7.98. The summed E-state index contributed by atoms with van der Waals surface area (Å²) in [6.45, 7) is 1.09. The van der Waals surface area contributed by atoms with Gasteiger partial charge in [-0.1, -0.05) is 23.9 Å². The number of rotatable bonds is 8. The number of thioether (sulfide) groups is 1. The molecule has 0 atom stereocenters. The number of hydrogen-bond acceptors (Lipinski definition) is 8. The second-order valence-electron chi connectivity index (χ2n) is 5.98. The summed E-state index contributed by atoms with van der Waals surface area (Å²) in [6.07, 6.45) is 2.26. The third-order valence-corrected chi connectivity index (χ3v) is 5.04. The van der Waals surface area contributed by atoms with Crippen molar-refractivity contribution in [2.45, 2.75) is 23.9 Å². The molecule has 4 aromatic rings. The van der Waals surface area contributed by atoms with Crippen LogP contribution in [0.25, 0.3) is 22.6 Å². The largest absolute Gasteiger partial charge is 0.459 e. The lowest BCUT2D eigenvalue weighted by atomic mass is 10.2. The monoisotopic (exact) mass is 398 g/mol. The summed E-state index contributed by atoms with van der Waals surface area (Å²) in [7, 11) is 1.64. The van der Waals surface area contributed by atoms with E-state index in [1.54, 1.807) is 36.1 Å². The standard InChI is InChI=1S/C19H18N4O4S/c1-25-10-5-9-23-18(24)13-6-2-3-7-14(13)20-19(23)28-12-16-21-22-17(27-16)15-8-4-11-26-15/h2-4,6-8,11H,5,9-10,12H2,1H3. The van der Waals surface area contributed by atoms with E-state index in [9.17, 15) is 4.79 Å². The molecule has 3 heterocycles. The third-order valence-electron chi connectivity index (χ3n) is 4.08. The van der Waals surface area contributed by atoms with E-state index in [4.69, 9.17) is 13.6 Å². The minimum atomic E-state index is -0.0639. The van der Waals surface area contributed by atoms with Gasteiger partial charge in [-0.3, -0.25) is 9.36 Å². The lowest BCUT2D eigenvalue weighted by Crippen LogP contribution is -2.24. The molecule has 9 heteroatoms. The molecule has 0 aliphatic heterocycles. The number of methoxy groups -OCH3 is 1. The normalized spacial score (nSPS) is 11.3. The highest BCUT2D eigenvalue weighted by Gasteiger charge is 2.15. The van der Waals surface area contributed by atoms with E-state index in [0.29, 0.717) is 58.9 Å². The van der Waals surface area contributed by atoms with Crippen LogP contribution in [0.2, 0.25) is 0 Å². The lowest BCUT2D eigenvalue weighted by Gasteiger charge is -2.12. The zero-order chi connectivity index (χ0) is 19.3. The number of hydrogen-bond donors (Lipinski definition) is 0. The van der Waals surface area contributed by atoms with Crippen molar-refractivity contribution < 1.29 is 13.6 Å². The molecule has 0 spiro atoms. The minimum Gasteiger partial charge on any atom is -0.459 e. The van der Waals surface area contributed by atoms with Gasteiger partial charge in [0.2, 0.25) is 5.89 Å². The van der Waals surface area contributed by atoms with Crippen molar-refractivity contribution in [3.05, 3.63) is 58.9 Å². The molecule has 0 bridgehead atoms. The SMILES string of the molecule is COCCCn1c(SCc2nnc(-c3ccco3)o2)nc2ccccc2c1=O. The molecule has 0 aliphatic rings. The number of benzene rings is 1. The molecule has 1 aromatic carbocycles. The molecule has 0 N–H and O–H groups in total. The first kappa shape index (κ1) is 18.5. The van der Waals surface area contributed by atoms with Gasteiger partial charge in [0.15, 0.2) is 10.9 Å². The van der Waals surface area contributed by atoms with Crippen molar-refractivity contribution in [3.63, 3.8) is 0 Å². The third kappa shape index (κ3) is 3.85. The zero-order valence-corrected chi connectivity index (χ0v) is 16.0. The number of fused-ring (bicyclic) bond motifs is 1. The van der Waals surface area contributed by atoms with Gasteiger partial charge in [0.25, 0.3) is 11.4 Å². The van der Waals surface area contributed by atoms with E-state index in [2.05, 4.69) is 15.2 Å². The van der Waals surface area contributed by atoms with Gasteiger partial charge in [-0.15, -0.1) is 10.2 Å². The van der Waals surface area contributed by atoms with Crippen LogP contribution in [-0.2, 0) is 17.0 Å². The summed E-state index contributed by atoms with van der Waals surface area (Å²) in [5, 5.41) is 9.24. The topological polar surface area (TPSA) is 96.2 Å². The molecule has 144 valence electrons. The maximum absolute atomic E-state index is 12.9. The molecule has 0 saturated carbocycles. The van der Waals surface area contributed by atoms with Crippen molar-refractivity contribution in [2.24, 2.45) is 0 Å². The van der Waals surface area contributed by atoms with Crippen LogP contribution in [-0.4, -0.2) is 33.5 Å². The van der Waals surface area contributed by atoms with E-state index in [-0.39, 0.29) is 5.56 Å². The van der Waals surface area contributed by atoms with Gasteiger partial charge in [0.1, 0.15) is 0 Å². The summed E-state index contributed by atoms with van der Waals surface area (Å²) in [4.78, 5) is 17.6. The van der Waals surface area contributed by atoms with Crippen molar-refractivity contribution in [3.8, 4) is 11.7 Å². The Morgan fingerprint density at radius 1 is 1.18 bits per heavy atom. The number of ether oxygens (including phenoxy) is 1. The molecule has 3 aromatic heterocycles. The summed E-state index contributed by atoms with van der Waals surface area (Å²) < 4.78 is 17.7. The summed E-state index contributed by atoms with van der Waals surface area (Å²) in [6, 6.07) is 10.8. The van der Waals surface area contributed by atoms with Crippen LogP contribution in [0, 0.1) is 0 Å². The predicted octanol–water partition coefficient (Wildman–Crippen LogP) is 3.37. The molecule has 0 amide bonds. The van der Waals surface area contributed by atoms with E-state index in [0.717, 1.165) is 0 Å². The quantitative estimate of drug-likeness (QED) is 0.253. The first-order valence-electron chi connectivity index (χ1n) is 8.74. The molecule has 28 heavy (non-hydrogen) atoms. The smallest absolute Gasteiger partial charge is 0.283 e. The van der Waals surface area contributed by atoms with Crippen LogP contribution in [0.15, 0.2) is 61.4 Å². The number of para-hydroxylation sites is 1. The number of aromatic nitrogens is 4. The maximum Gasteiger partial charge on any atom is 0.283 e. The van der Waals surface area contributed by atoms with Crippen LogP contribution < -0.4 is 5.56 Å². The molecule has 8 nitrogen and oxygen atoms in total. The number of nitrogens with zero attached hydrogens (tertiary/aromatic N) is 4. The highest BCUT2D eigenvalue weighted by Crippen LogP contribution is 2.24. The Morgan fingerprint density at radius 3 is 2.89 bits per heavy atom. The van der Waals surface area contributed by atoms with Crippen molar-refractivity contribution >= 4 is 22.7 Å². The summed E-state index contributed by atoms with van der Waals surface area (Å²) in [5.74, 6) is 1.67. The fourth-order valence-corrected chi connectivity index (χ4v) is 3.62. The predicted molar refractivity (Wildman–Crippen MR) is 104 cm³/mol. The van der Waals surface area contributed by atoms with Crippen LogP contribution >= 0.6 is 11.8 Å². The summed E-state index contributed by atoms with van der Waals surface area (Å²) in [5.41, 5.74) is 0.603. The first-order chi connectivity index (χ1) is 13.8. The van der Waals surface area contributed by atoms with E-state index in [1.165, 1.54) is 11.8 Å². The van der Waals surface area contributed by atoms with Crippen molar-refractivity contribution in [1.82, 2.24) is 19.7 Å². The first-order valence-corrected chi connectivity index (χ1v) is 9.72. The summed E-state index contributed by atoms with van der Waals surface area (Å²) >= 11 is 1.38. The molecule has 0 aliphatic carbocycles. The van der Waals surface area contributed by atoms with Gasteiger partial charge in [-0.2, -0.15) is 0 Å². The van der Waals surface area contributed by atoms with E-state index in [1.807, 2.05) is 18.2 Å². The van der Waals surface area contributed by atoms with Gasteiger partial charge < -0.3 is 13.6 Å². The average molecular weight is 398 g/mol.